The third kappa shape index (κ3) is 4.65. The third-order valence-electron chi connectivity index (χ3n) is 2.74. The van der Waals surface area contributed by atoms with Crippen LogP contribution < -0.4 is 0 Å². The number of alkyl halides is 6. The standard InChI is InChI=1S/C12H5Cl3F6N2S2/c1-24-9-8(25-12(19,20)21)22-10(15)23(9)7-5(13)2-4(3-6(7)14)11(16,17)18/h2-3H,1H3. The molecule has 0 aliphatic rings. The Morgan fingerprint density at radius 1 is 1.00 bits per heavy atom. The molecule has 1 aromatic carbocycles. The molecule has 2 nitrogen and oxygen atoms in total. The van der Waals surface area contributed by atoms with E-state index in [1.54, 1.807) is 0 Å². The van der Waals surface area contributed by atoms with E-state index in [0.29, 0.717) is 12.1 Å². The van der Waals surface area contributed by atoms with E-state index in [0.717, 1.165) is 16.3 Å². The van der Waals surface area contributed by atoms with E-state index in [2.05, 4.69) is 4.98 Å². The number of rotatable bonds is 3. The van der Waals surface area contributed by atoms with Gasteiger partial charge in [0.25, 0.3) is 0 Å². The van der Waals surface area contributed by atoms with Crippen molar-refractivity contribution in [1.29, 1.82) is 0 Å². The van der Waals surface area contributed by atoms with Crippen LogP contribution in [0.1, 0.15) is 5.56 Å². The minimum atomic E-state index is -4.69. The fourth-order valence-corrected chi connectivity index (χ4v) is 4.35. The van der Waals surface area contributed by atoms with Gasteiger partial charge in [0.1, 0.15) is 10.1 Å². The molecule has 2 aromatic rings. The molecule has 0 aliphatic heterocycles. The van der Waals surface area contributed by atoms with E-state index in [4.69, 9.17) is 34.8 Å². The molecule has 0 saturated carbocycles. The molecule has 0 unspecified atom stereocenters. The number of benzene rings is 1. The summed E-state index contributed by atoms with van der Waals surface area (Å²) in [5.41, 5.74) is -5.91. The lowest BCUT2D eigenvalue weighted by Gasteiger charge is -2.15. The Bertz CT molecular complexity index is 780. The highest BCUT2D eigenvalue weighted by atomic mass is 35.5. The fourth-order valence-electron chi connectivity index (χ4n) is 1.85. The average Bonchev–Trinajstić information content (AvgIpc) is 2.70. The van der Waals surface area contributed by atoms with Crippen molar-refractivity contribution < 1.29 is 26.3 Å². The molecule has 1 aromatic heterocycles. The largest absolute Gasteiger partial charge is 0.447 e. The predicted molar refractivity (Wildman–Crippen MR) is 87.3 cm³/mol. The first-order chi connectivity index (χ1) is 11.3. The maximum Gasteiger partial charge on any atom is 0.447 e. The molecular formula is C12H5Cl3F6N2S2. The second-order valence-corrected chi connectivity index (χ2v) is 7.37. The quantitative estimate of drug-likeness (QED) is 0.356. The van der Waals surface area contributed by atoms with Gasteiger partial charge in [0.05, 0.1) is 21.3 Å². The van der Waals surface area contributed by atoms with Crippen LogP contribution in [0.4, 0.5) is 26.3 Å². The van der Waals surface area contributed by atoms with Crippen LogP contribution in [0.25, 0.3) is 5.69 Å². The van der Waals surface area contributed by atoms with E-state index in [9.17, 15) is 26.3 Å². The SMILES string of the molecule is CSc1c(SC(F)(F)F)nc(Cl)n1-c1c(Cl)cc(C(F)(F)F)cc1Cl. The van der Waals surface area contributed by atoms with E-state index < -0.39 is 49.4 Å². The lowest BCUT2D eigenvalue weighted by molar-refractivity contribution is -0.137. The summed E-state index contributed by atoms with van der Waals surface area (Å²) in [7, 11) is 0. The Hall–Kier alpha value is -0.420. The van der Waals surface area contributed by atoms with Crippen molar-refractivity contribution in [2.24, 2.45) is 0 Å². The number of hydrogen-bond donors (Lipinski definition) is 0. The van der Waals surface area contributed by atoms with Crippen LogP contribution in [-0.2, 0) is 6.18 Å². The Labute approximate surface area is 160 Å². The van der Waals surface area contributed by atoms with Crippen molar-refractivity contribution in [3.63, 3.8) is 0 Å². The van der Waals surface area contributed by atoms with Gasteiger partial charge in [0.2, 0.25) is 5.28 Å². The van der Waals surface area contributed by atoms with Crippen molar-refractivity contribution >= 4 is 58.3 Å². The highest BCUT2D eigenvalue weighted by molar-refractivity contribution is 8.02. The van der Waals surface area contributed by atoms with Crippen LogP contribution in [0.5, 0.6) is 0 Å². The summed E-state index contributed by atoms with van der Waals surface area (Å²) < 4.78 is 77.3. The molecule has 0 bridgehead atoms. The molecule has 25 heavy (non-hydrogen) atoms. The molecule has 138 valence electrons. The number of halogens is 9. The van der Waals surface area contributed by atoms with Crippen molar-refractivity contribution in [2.75, 3.05) is 6.26 Å². The van der Waals surface area contributed by atoms with E-state index >= 15 is 0 Å². The van der Waals surface area contributed by atoms with E-state index in [1.807, 2.05) is 0 Å². The van der Waals surface area contributed by atoms with Crippen molar-refractivity contribution in [2.45, 2.75) is 21.7 Å². The number of imidazole rings is 1. The summed E-state index contributed by atoms with van der Waals surface area (Å²) in [5.74, 6) is 0. The summed E-state index contributed by atoms with van der Waals surface area (Å²) in [6, 6.07) is 1.22. The Balaban J connectivity index is 2.67. The first kappa shape index (κ1) is 20.9. The van der Waals surface area contributed by atoms with Crippen LogP contribution >= 0.6 is 58.3 Å². The number of thioether (sulfide) groups is 2. The summed E-state index contributed by atoms with van der Waals surface area (Å²) in [6.45, 7) is 0. The highest BCUT2D eigenvalue weighted by Crippen LogP contribution is 2.45. The number of hydrogen-bond acceptors (Lipinski definition) is 3. The van der Waals surface area contributed by atoms with Gasteiger partial charge in [-0.3, -0.25) is 4.57 Å². The molecule has 0 aliphatic carbocycles. The Morgan fingerprint density at radius 3 is 1.92 bits per heavy atom. The summed E-state index contributed by atoms with van der Waals surface area (Å²) in [6.07, 6.45) is -3.24. The minimum Gasteiger partial charge on any atom is -0.274 e. The molecule has 0 radical (unpaired) electrons. The smallest absolute Gasteiger partial charge is 0.274 e. The van der Waals surface area contributed by atoms with Crippen LogP contribution in [0, 0.1) is 0 Å². The van der Waals surface area contributed by atoms with Gasteiger partial charge in [-0.05, 0) is 30.0 Å². The molecule has 0 atom stereocenters. The first-order valence-electron chi connectivity index (χ1n) is 5.99. The second-order valence-electron chi connectivity index (χ2n) is 4.36. The van der Waals surface area contributed by atoms with Gasteiger partial charge in [-0.2, -0.15) is 26.3 Å². The van der Waals surface area contributed by atoms with Crippen molar-refractivity contribution in [1.82, 2.24) is 9.55 Å². The topological polar surface area (TPSA) is 17.8 Å². The molecule has 13 heteroatoms. The molecule has 0 spiro atoms. The van der Waals surface area contributed by atoms with Crippen LogP contribution in [0.2, 0.25) is 15.3 Å². The van der Waals surface area contributed by atoms with Crippen LogP contribution in [-0.4, -0.2) is 21.3 Å². The molecule has 0 amide bonds. The molecular weight excluding hydrogens is 457 g/mol. The summed E-state index contributed by atoms with van der Waals surface area (Å²) in [5, 5.41) is -1.80. The predicted octanol–water partition coefficient (Wildman–Crippen LogP) is 7.19. The zero-order chi connectivity index (χ0) is 19.2. The van der Waals surface area contributed by atoms with E-state index in [1.165, 1.54) is 6.26 Å². The first-order valence-corrected chi connectivity index (χ1v) is 9.17. The zero-order valence-corrected chi connectivity index (χ0v) is 15.7. The lowest BCUT2D eigenvalue weighted by atomic mass is 10.2. The molecule has 0 saturated heterocycles. The van der Waals surface area contributed by atoms with Crippen LogP contribution in [0.3, 0.4) is 0 Å². The maximum absolute atomic E-state index is 12.8. The molecule has 2 rings (SSSR count). The number of nitrogens with zero attached hydrogens (tertiary/aromatic N) is 2. The van der Waals surface area contributed by atoms with Gasteiger partial charge in [0.15, 0.2) is 0 Å². The minimum absolute atomic E-state index is 0.0594. The fraction of sp³-hybridized carbons (Fsp3) is 0.250. The molecule has 0 N–H and O–H groups in total. The third-order valence-corrected chi connectivity index (χ3v) is 5.17. The Morgan fingerprint density at radius 2 is 1.52 bits per heavy atom. The highest BCUT2D eigenvalue weighted by Gasteiger charge is 2.35. The molecule has 0 fully saturated rings. The van der Waals surface area contributed by atoms with Gasteiger partial charge in [-0.1, -0.05) is 23.2 Å². The van der Waals surface area contributed by atoms with Gasteiger partial charge >= 0.3 is 11.7 Å². The summed E-state index contributed by atoms with van der Waals surface area (Å²) in [4.78, 5) is 3.61. The molecule has 1 heterocycles. The zero-order valence-electron chi connectivity index (χ0n) is 11.8. The maximum atomic E-state index is 12.8. The van der Waals surface area contributed by atoms with E-state index in [-0.39, 0.29) is 10.7 Å². The van der Waals surface area contributed by atoms with Crippen molar-refractivity contribution in [3.05, 3.63) is 33.0 Å². The van der Waals surface area contributed by atoms with Gasteiger partial charge in [-0.15, -0.1) is 11.8 Å². The number of aromatic nitrogens is 2. The normalized spacial score (nSPS) is 12.7. The van der Waals surface area contributed by atoms with Gasteiger partial charge < -0.3 is 0 Å². The lowest BCUT2D eigenvalue weighted by Crippen LogP contribution is -2.07. The Kier molecular flexibility index (Phi) is 6.10. The average molecular weight is 462 g/mol. The van der Waals surface area contributed by atoms with Gasteiger partial charge in [-0.25, -0.2) is 4.98 Å². The summed E-state index contributed by atoms with van der Waals surface area (Å²) >= 11 is 18.0. The van der Waals surface area contributed by atoms with Gasteiger partial charge in [0, 0.05) is 11.8 Å². The van der Waals surface area contributed by atoms with Crippen molar-refractivity contribution in [3.8, 4) is 5.69 Å². The monoisotopic (exact) mass is 460 g/mol. The van der Waals surface area contributed by atoms with Crippen LogP contribution in [0.15, 0.2) is 22.2 Å². The second kappa shape index (κ2) is 7.30.